The van der Waals surface area contributed by atoms with Gasteiger partial charge in [-0.15, -0.1) is 0 Å². The predicted octanol–water partition coefficient (Wildman–Crippen LogP) is 5.22. The number of alkyl halides is 3. The summed E-state index contributed by atoms with van der Waals surface area (Å²) in [6.45, 7) is 2.49. The second-order valence-electron chi connectivity index (χ2n) is 5.45. The fraction of sp³-hybridized carbons (Fsp3) is 0.438. The van der Waals surface area contributed by atoms with Gasteiger partial charge >= 0.3 is 6.18 Å². The molecule has 27 heavy (non-hydrogen) atoms. The van der Waals surface area contributed by atoms with Crippen molar-refractivity contribution < 1.29 is 23.1 Å². The van der Waals surface area contributed by atoms with Gasteiger partial charge in [-0.05, 0) is 18.7 Å². The summed E-state index contributed by atoms with van der Waals surface area (Å²) in [5.41, 5.74) is 0.711. The topological polar surface area (TPSA) is 40.2 Å². The summed E-state index contributed by atoms with van der Waals surface area (Å²) < 4.78 is 37.5. The fourth-order valence-electron chi connectivity index (χ4n) is 2.19. The van der Waals surface area contributed by atoms with Gasteiger partial charge in [0.1, 0.15) is 10.0 Å². The van der Waals surface area contributed by atoms with E-state index in [2.05, 4.69) is 4.98 Å². The quantitative estimate of drug-likeness (QED) is 0.255. The van der Waals surface area contributed by atoms with Crippen molar-refractivity contribution in [1.29, 1.82) is 0 Å². The molecule has 0 saturated heterocycles. The van der Waals surface area contributed by atoms with Crippen LogP contribution in [-0.2, 0) is 0 Å². The Morgan fingerprint density at radius 1 is 1.44 bits per heavy atom. The van der Waals surface area contributed by atoms with Crippen molar-refractivity contribution in [3.05, 3.63) is 29.7 Å². The minimum Gasteiger partial charge on any atom is -0.325 e. The molecule has 0 saturated carbocycles. The second-order valence-corrected chi connectivity index (χ2v) is 8.48. The molecule has 0 radical (unpaired) electrons. The first-order valence-electron chi connectivity index (χ1n) is 8.03. The standard InChI is InChI=1S/C16H18ClF3N3OS3/c1-2-23(12(25)5-8-26-9-6-16(18,19)20)15-13(17)21-14(27-15)11-4-3-7-22(24)10-11/h3-4,7,10,24H,2,5-6,8-9H2,1H3/q+1. The van der Waals surface area contributed by atoms with E-state index in [1.807, 2.05) is 11.8 Å². The number of aromatic nitrogens is 2. The van der Waals surface area contributed by atoms with Gasteiger partial charge in [-0.3, -0.25) is 5.21 Å². The molecular formula is C16H18ClF3N3OS3+. The van der Waals surface area contributed by atoms with Gasteiger partial charge in [0.25, 0.3) is 0 Å². The Kier molecular flexibility index (Phi) is 8.14. The summed E-state index contributed by atoms with van der Waals surface area (Å²) in [4.78, 5) is 6.79. The monoisotopic (exact) mass is 456 g/mol. The first-order valence-corrected chi connectivity index (χ1v) is 10.8. The fourth-order valence-corrected chi connectivity index (χ4v) is 5.01. The van der Waals surface area contributed by atoms with Gasteiger partial charge < -0.3 is 4.90 Å². The predicted molar refractivity (Wildman–Crippen MR) is 108 cm³/mol. The van der Waals surface area contributed by atoms with Crippen LogP contribution in [0.25, 0.3) is 10.6 Å². The first kappa shape index (κ1) is 22.2. The molecule has 0 fully saturated rings. The Hall–Kier alpha value is -1.10. The van der Waals surface area contributed by atoms with Crippen molar-refractivity contribution in [2.24, 2.45) is 0 Å². The largest absolute Gasteiger partial charge is 0.389 e. The van der Waals surface area contributed by atoms with Gasteiger partial charge in [0.15, 0.2) is 5.15 Å². The number of hydrogen-bond donors (Lipinski definition) is 1. The number of nitrogens with zero attached hydrogens (tertiary/aromatic N) is 3. The Labute approximate surface area is 173 Å². The molecule has 0 aliphatic heterocycles. The molecule has 11 heteroatoms. The molecule has 0 aliphatic rings. The number of thioether (sulfide) groups is 1. The summed E-state index contributed by atoms with van der Waals surface area (Å²) in [7, 11) is 0. The highest BCUT2D eigenvalue weighted by molar-refractivity contribution is 7.99. The van der Waals surface area contributed by atoms with Crippen molar-refractivity contribution in [3.8, 4) is 10.6 Å². The molecule has 0 aliphatic carbocycles. The van der Waals surface area contributed by atoms with Gasteiger partial charge in [0, 0.05) is 29.5 Å². The smallest absolute Gasteiger partial charge is 0.325 e. The van der Waals surface area contributed by atoms with Gasteiger partial charge in [0.05, 0.1) is 17.0 Å². The van der Waals surface area contributed by atoms with Crippen LogP contribution < -0.4 is 9.63 Å². The minimum atomic E-state index is -4.13. The van der Waals surface area contributed by atoms with Crippen LogP contribution in [0.2, 0.25) is 5.15 Å². The Morgan fingerprint density at radius 2 is 2.19 bits per heavy atom. The third kappa shape index (κ3) is 6.78. The van der Waals surface area contributed by atoms with Crippen LogP contribution in [0.15, 0.2) is 24.5 Å². The zero-order valence-electron chi connectivity index (χ0n) is 14.4. The molecule has 148 valence electrons. The summed E-state index contributed by atoms with van der Waals surface area (Å²) in [6.07, 6.45) is -1.43. The molecule has 0 spiro atoms. The molecule has 0 amide bonds. The van der Waals surface area contributed by atoms with Crippen LogP contribution in [0.5, 0.6) is 0 Å². The molecule has 2 heterocycles. The maximum Gasteiger partial charge on any atom is 0.389 e. The van der Waals surface area contributed by atoms with E-state index in [0.717, 1.165) is 4.73 Å². The molecule has 0 atom stereocenters. The lowest BCUT2D eigenvalue weighted by molar-refractivity contribution is -0.904. The third-order valence-corrected chi connectivity index (χ3v) is 6.37. The highest BCUT2D eigenvalue weighted by atomic mass is 35.5. The SMILES string of the molecule is CCN(C(=S)CCSCCC(F)(F)F)c1sc(-c2ccc[n+](O)c2)nc1Cl. The minimum absolute atomic E-state index is 0.0267. The van der Waals surface area contributed by atoms with Gasteiger partial charge in [-0.25, -0.2) is 4.98 Å². The van der Waals surface area contributed by atoms with Crippen LogP contribution in [0.3, 0.4) is 0 Å². The zero-order valence-corrected chi connectivity index (χ0v) is 17.6. The normalized spacial score (nSPS) is 11.6. The van der Waals surface area contributed by atoms with E-state index < -0.39 is 12.6 Å². The van der Waals surface area contributed by atoms with Crippen molar-refractivity contribution in [3.63, 3.8) is 0 Å². The Balaban J connectivity index is 2.01. The van der Waals surface area contributed by atoms with E-state index >= 15 is 0 Å². The van der Waals surface area contributed by atoms with E-state index in [-0.39, 0.29) is 5.75 Å². The average Bonchev–Trinajstić information content (AvgIpc) is 2.96. The Bertz CT molecular complexity index is 786. The molecular weight excluding hydrogens is 439 g/mol. The van der Waals surface area contributed by atoms with Crippen LogP contribution in [0.1, 0.15) is 19.8 Å². The van der Waals surface area contributed by atoms with Gasteiger partial charge in [-0.2, -0.15) is 24.9 Å². The summed E-state index contributed by atoms with van der Waals surface area (Å²) in [5.74, 6) is 0.538. The number of thiocarbonyl (C=S) groups is 1. The van der Waals surface area contributed by atoms with Crippen molar-refractivity contribution >= 4 is 56.9 Å². The second kappa shape index (κ2) is 9.90. The molecule has 0 aromatic carbocycles. The maximum absolute atomic E-state index is 12.2. The molecule has 2 aromatic heterocycles. The number of rotatable bonds is 8. The zero-order chi connectivity index (χ0) is 20.0. The van der Waals surface area contributed by atoms with Gasteiger partial charge in [-0.1, -0.05) is 35.2 Å². The van der Waals surface area contributed by atoms with Crippen LogP contribution >= 0.6 is 46.9 Å². The highest BCUT2D eigenvalue weighted by Gasteiger charge is 2.26. The van der Waals surface area contributed by atoms with E-state index in [4.69, 9.17) is 23.8 Å². The summed E-state index contributed by atoms with van der Waals surface area (Å²) in [6, 6.07) is 3.49. The lowest BCUT2D eigenvalue weighted by Crippen LogP contribution is -2.29. The van der Waals surface area contributed by atoms with Gasteiger partial charge in [0.2, 0.25) is 12.4 Å². The Morgan fingerprint density at radius 3 is 2.81 bits per heavy atom. The molecule has 4 nitrogen and oxygen atoms in total. The number of hydrogen-bond acceptors (Lipinski definition) is 5. The maximum atomic E-state index is 12.2. The third-order valence-electron chi connectivity index (χ3n) is 3.45. The molecule has 2 aromatic rings. The van der Waals surface area contributed by atoms with E-state index in [9.17, 15) is 18.4 Å². The van der Waals surface area contributed by atoms with Crippen molar-refractivity contribution in [1.82, 2.24) is 4.98 Å². The molecule has 2 rings (SSSR count). The average molecular weight is 457 g/mol. The molecule has 1 N–H and O–H groups in total. The number of pyridine rings is 1. The molecule has 0 unspecified atom stereocenters. The van der Waals surface area contributed by atoms with Crippen molar-refractivity contribution in [2.75, 3.05) is 23.0 Å². The highest BCUT2D eigenvalue weighted by Crippen LogP contribution is 2.37. The van der Waals surface area contributed by atoms with E-state index in [1.165, 1.54) is 35.5 Å². The lowest BCUT2D eigenvalue weighted by Gasteiger charge is -2.22. The summed E-state index contributed by atoms with van der Waals surface area (Å²) in [5, 5.41) is 11.2. The molecule has 0 bridgehead atoms. The van der Waals surface area contributed by atoms with Crippen LogP contribution in [-0.4, -0.2) is 39.4 Å². The number of halogens is 4. The number of anilines is 1. The lowest BCUT2D eigenvalue weighted by atomic mass is 10.3. The van der Waals surface area contributed by atoms with Crippen LogP contribution in [0, 0.1) is 0 Å². The number of thiazole rings is 1. The van der Waals surface area contributed by atoms with Crippen molar-refractivity contribution in [2.45, 2.75) is 25.9 Å². The van der Waals surface area contributed by atoms with Crippen LogP contribution in [0.4, 0.5) is 18.2 Å². The first-order chi connectivity index (χ1) is 12.7. The van der Waals surface area contributed by atoms with E-state index in [0.29, 0.717) is 44.4 Å². The summed E-state index contributed by atoms with van der Waals surface area (Å²) >= 11 is 14.3. The van der Waals surface area contributed by atoms with E-state index in [1.54, 1.807) is 12.1 Å².